The zero-order valence-corrected chi connectivity index (χ0v) is 18.2. The van der Waals surface area contributed by atoms with E-state index in [1.165, 1.54) is 13.2 Å². The maximum Gasteiger partial charge on any atom is 0.373 e. The Bertz CT molecular complexity index is 1020. The van der Waals surface area contributed by atoms with Gasteiger partial charge in [0.25, 0.3) is 11.1 Å². The Hall–Kier alpha value is -2.74. The summed E-state index contributed by atoms with van der Waals surface area (Å²) in [6, 6.07) is 5.03. The molecule has 0 aliphatic carbocycles. The number of hydrogen-bond donors (Lipinski definition) is 0. The van der Waals surface area contributed by atoms with Gasteiger partial charge in [-0.2, -0.15) is 0 Å². The molecule has 1 fully saturated rings. The van der Waals surface area contributed by atoms with E-state index in [0.29, 0.717) is 10.7 Å². The molecule has 0 bridgehead atoms. The molecule has 0 aromatic carbocycles. The van der Waals surface area contributed by atoms with Crippen LogP contribution < -0.4 is 0 Å². The summed E-state index contributed by atoms with van der Waals surface area (Å²) in [5.74, 6) is -0.629. The van der Waals surface area contributed by atoms with Crippen molar-refractivity contribution in [2.45, 2.75) is 46.7 Å². The number of aromatic nitrogens is 1. The van der Waals surface area contributed by atoms with Gasteiger partial charge in [-0.1, -0.05) is 0 Å². The van der Waals surface area contributed by atoms with Crippen molar-refractivity contribution in [1.82, 2.24) is 9.47 Å². The smallest absolute Gasteiger partial charge is 0.373 e. The first-order chi connectivity index (χ1) is 13.5. The molecule has 7 nitrogen and oxygen atoms in total. The number of carbonyl (C=O) groups is 3. The molecule has 0 spiro atoms. The van der Waals surface area contributed by atoms with Crippen LogP contribution in [0.4, 0.5) is 4.79 Å². The summed E-state index contributed by atoms with van der Waals surface area (Å²) in [6.07, 6.45) is 1.76. The Kier molecular flexibility index (Phi) is 5.49. The van der Waals surface area contributed by atoms with Gasteiger partial charge < -0.3 is 13.7 Å². The van der Waals surface area contributed by atoms with Crippen LogP contribution in [0.2, 0.25) is 0 Å². The maximum atomic E-state index is 12.8. The Balaban J connectivity index is 1.84. The molecule has 0 radical (unpaired) electrons. The molecule has 2 amide bonds. The van der Waals surface area contributed by atoms with E-state index in [-0.39, 0.29) is 29.0 Å². The fourth-order valence-electron chi connectivity index (χ4n) is 3.57. The molecular weight excluding hydrogens is 392 g/mol. The molecule has 0 atom stereocenters. The van der Waals surface area contributed by atoms with E-state index in [4.69, 9.17) is 4.42 Å². The largest absolute Gasteiger partial charge is 0.463 e. The number of nitrogens with zero attached hydrogens (tertiary/aromatic N) is 2. The summed E-state index contributed by atoms with van der Waals surface area (Å²) in [5.41, 5.74) is 2.95. The van der Waals surface area contributed by atoms with Crippen LogP contribution in [0.25, 0.3) is 6.08 Å². The first-order valence-corrected chi connectivity index (χ1v) is 9.96. The molecule has 8 heteroatoms. The van der Waals surface area contributed by atoms with Crippen LogP contribution in [-0.4, -0.2) is 33.7 Å². The molecule has 1 aliphatic rings. The van der Waals surface area contributed by atoms with Crippen LogP contribution in [0, 0.1) is 13.8 Å². The lowest BCUT2D eigenvalue weighted by Gasteiger charge is -2.25. The Morgan fingerprint density at radius 2 is 1.93 bits per heavy atom. The molecule has 1 saturated heterocycles. The Morgan fingerprint density at radius 1 is 1.24 bits per heavy atom. The molecule has 0 N–H and O–H groups in total. The number of carbonyl (C=O) groups excluding carboxylic acids is 3. The number of amides is 2. The molecule has 29 heavy (non-hydrogen) atoms. The van der Waals surface area contributed by atoms with Crippen LogP contribution in [0.15, 0.2) is 27.5 Å². The third kappa shape index (κ3) is 4.03. The molecule has 3 rings (SSSR count). The molecule has 2 aromatic rings. The van der Waals surface area contributed by atoms with E-state index in [2.05, 4.69) is 30.1 Å². The summed E-state index contributed by atoms with van der Waals surface area (Å²) in [7, 11) is 1.25. The summed E-state index contributed by atoms with van der Waals surface area (Å²) in [4.78, 5) is 38.2. The second kappa shape index (κ2) is 7.59. The summed E-state index contributed by atoms with van der Waals surface area (Å²) in [5, 5.41) is -0.373. The minimum absolute atomic E-state index is 0.0274. The van der Waals surface area contributed by atoms with Crippen LogP contribution >= 0.6 is 11.8 Å². The topological polar surface area (TPSA) is 81.8 Å². The lowest BCUT2D eigenvalue weighted by molar-refractivity contribution is -0.123. The third-order valence-corrected chi connectivity index (χ3v) is 5.57. The summed E-state index contributed by atoms with van der Waals surface area (Å²) in [6.45, 7) is 10.4. The van der Waals surface area contributed by atoms with Gasteiger partial charge in [-0.25, -0.2) is 4.79 Å². The van der Waals surface area contributed by atoms with E-state index in [1.807, 2.05) is 19.9 Å². The summed E-state index contributed by atoms with van der Waals surface area (Å²) >= 11 is 0.901. The second-order valence-electron chi connectivity index (χ2n) is 7.86. The van der Waals surface area contributed by atoms with E-state index in [1.54, 1.807) is 12.1 Å². The van der Waals surface area contributed by atoms with Gasteiger partial charge >= 0.3 is 5.97 Å². The Morgan fingerprint density at radius 3 is 2.52 bits per heavy atom. The first-order valence-electron chi connectivity index (χ1n) is 9.14. The van der Waals surface area contributed by atoms with Crippen molar-refractivity contribution in [3.8, 4) is 0 Å². The molecule has 154 valence electrons. The van der Waals surface area contributed by atoms with Gasteiger partial charge in [0.05, 0.1) is 18.6 Å². The average Bonchev–Trinajstić information content (AvgIpc) is 3.28. The standard InChI is InChI=1S/C21H24N2O5S/c1-12-9-14(13(2)23(12)21(3,4)5)10-17-18(24)22(20(26)29-17)11-15-7-8-16(28-15)19(25)27-6/h7-10H,11H2,1-6H3. The zero-order chi connectivity index (χ0) is 21.5. The van der Waals surface area contributed by atoms with E-state index in [0.717, 1.165) is 33.6 Å². The van der Waals surface area contributed by atoms with Crippen molar-refractivity contribution in [1.29, 1.82) is 0 Å². The van der Waals surface area contributed by atoms with Crippen LogP contribution in [-0.2, 0) is 21.6 Å². The third-order valence-electron chi connectivity index (χ3n) is 4.66. The van der Waals surface area contributed by atoms with Crippen LogP contribution in [0.3, 0.4) is 0 Å². The number of rotatable bonds is 4. The van der Waals surface area contributed by atoms with Gasteiger partial charge in [-0.3, -0.25) is 14.5 Å². The van der Waals surface area contributed by atoms with Gasteiger partial charge in [0.2, 0.25) is 5.76 Å². The number of thioether (sulfide) groups is 1. The molecule has 3 heterocycles. The molecule has 0 unspecified atom stereocenters. The highest BCUT2D eigenvalue weighted by atomic mass is 32.2. The fraction of sp³-hybridized carbons (Fsp3) is 0.381. The first kappa shape index (κ1) is 21.0. The lowest BCUT2D eigenvalue weighted by Crippen LogP contribution is -2.27. The number of imide groups is 1. The van der Waals surface area contributed by atoms with Crippen molar-refractivity contribution >= 4 is 35.0 Å². The van der Waals surface area contributed by atoms with Crippen molar-refractivity contribution in [3.63, 3.8) is 0 Å². The van der Waals surface area contributed by atoms with Crippen LogP contribution in [0.1, 0.15) is 54.0 Å². The molecular formula is C21H24N2O5S. The number of ether oxygens (including phenoxy) is 1. The quantitative estimate of drug-likeness (QED) is 0.540. The maximum absolute atomic E-state index is 12.8. The highest BCUT2D eigenvalue weighted by Crippen LogP contribution is 2.35. The van der Waals surface area contributed by atoms with Crippen molar-refractivity contribution < 1.29 is 23.5 Å². The zero-order valence-electron chi connectivity index (χ0n) is 17.4. The number of hydrogen-bond acceptors (Lipinski definition) is 6. The van der Waals surface area contributed by atoms with Gasteiger partial charge in [-0.15, -0.1) is 0 Å². The number of aryl methyl sites for hydroxylation is 1. The van der Waals surface area contributed by atoms with E-state index in [9.17, 15) is 14.4 Å². The lowest BCUT2D eigenvalue weighted by atomic mass is 10.1. The van der Waals surface area contributed by atoms with Crippen molar-refractivity contribution in [2.75, 3.05) is 7.11 Å². The van der Waals surface area contributed by atoms with Gasteiger partial charge in [0.1, 0.15) is 5.76 Å². The van der Waals surface area contributed by atoms with E-state index >= 15 is 0 Å². The summed E-state index contributed by atoms with van der Waals surface area (Å²) < 4.78 is 12.2. The van der Waals surface area contributed by atoms with Gasteiger partial charge in [-0.05, 0) is 76.2 Å². The highest BCUT2D eigenvalue weighted by Gasteiger charge is 2.36. The molecule has 0 saturated carbocycles. The van der Waals surface area contributed by atoms with Crippen molar-refractivity contribution in [2.24, 2.45) is 0 Å². The number of furan rings is 1. The molecule has 2 aromatic heterocycles. The highest BCUT2D eigenvalue weighted by molar-refractivity contribution is 8.18. The molecule has 1 aliphatic heterocycles. The number of methoxy groups -OCH3 is 1. The van der Waals surface area contributed by atoms with E-state index < -0.39 is 5.97 Å². The monoisotopic (exact) mass is 416 g/mol. The van der Waals surface area contributed by atoms with Gasteiger partial charge in [0.15, 0.2) is 0 Å². The second-order valence-corrected chi connectivity index (χ2v) is 8.85. The SMILES string of the molecule is COC(=O)c1ccc(CN2C(=O)SC(=Cc3cc(C)n(C(C)(C)C)c3C)C2=O)o1. The Labute approximate surface area is 173 Å². The number of esters is 1. The van der Waals surface area contributed by atoms with Gasteiger partial charge in [0, 0.05) is 16.9 Å². The average molecular weight is 416 g/mol. The van der Waals surface area contributed by atoms with Crippen LogP contribution in [0.5, 0.6) is 0 Å². The predicted octanol–water partition coefficient (Wildman–Crippen LogP) is 4.48. The fourth-order valence-corrected chi connectivity index (χ4v) is 4.40. The normalized spacial score (nSPS) is 16.2. The van der Waals surface area contributed by atoms with Crippen molar-refractivity contribution in [3.05, 3.63) is 51.6 Å². The minimum atomic E-state index is -0.612. The minimum Gasteiger partial charge on any atom is -0.463 e. The predicted molar refractivity (Wildman–Crippen MR) is 110 cm³/mol.